The lowest BCUT2D eigenvalue weighted by molar-refractivity contribution is 1.29. The van der Waals surface area contributed by atoms with Gasteiger partial charge >= 0.3 is 0 Å². The van der Waals surface area contributed by atoms with E-state index in [1.165, 1.54) is 16.3 Å². The fourth-order valence-corrected chi connectivity index (χ4v) is 6.77. The van der Waals surface area contributed by atoms with Crippen molar-refractivity contribution in [2.24, 2.45) is 0 Å². The molecular weight excluding hydrogens is 595 g/mol. The SMILES string of the molecule is c1ccc(-c2nc3ccc4ccc(-c5ccc6cc(N(c7ccccc7)c7ccccc7)ccc6c5)cc4c3nc2-c2ccccc2)cc1. The van der Waals surface area contributed by atoms with E-state index in [-0.39, 0.29) is 0 Å². The molecule has 0 N–H and O–H groups in total. The lowest BCUT2D eigenvalue weighted by Gasteiger charge is -2.25. The van der Waals surface area contributed by atoms with E-state index in [2.05, 4.69) is 181 Å². The third-order valence-electron chi connectivity index (χ3n) is 9.19. The molecule has 49 heavy (non-hydrogen) atoms. The molecule has 0 unspecified atom stereocenters. The Bertz CT molecular complexity index is 2540. The average Bonchev–Trinajstić information content (AvgIpc) is 3.18. The molecule has 0 bridgehead atoms. The molecule has 9 aromatic rings. The first kappa shape index (κ1) is 28.6. The third-order valence-corrected chi connectivity index (χ3v) is 9.19. The summed E-state index contributed by atoms with van der Waals surface area (Å²) in [5, 5.41) is 4.62. The van der Waals surface area contributed by atoms with Gasteiger partial charge in [-0.2, -0.15) is 0 Å². The van der Waals surface area contributed by atoms with Gasteiger partial charge in [0, 0.05) is 33.6 Å². The quantitative estimate of drug-likeness (QED) is 0.172. The molecule has 0 amide bonds. The minimum atomic E-state index is 0.885. The maximum atomic E-state index is 5.34. The van der Waals surface area contributed by atoms with Crippen LogP contribution in [0.15, 0.2) is 188 Å². The summed E-state index contributed by atoms with van der Waals surface area (Å²) in [7, 11) is 0. The molecule has 0 aliphatic heterocycles. The molecule has 9 rings (SSSR count). The zero-order valence-corrected chi connectivity index (χ0v) is 26.7. The van der Waals surface area contributed by atoms with E-state index >= 15 is 0 Å². The summed E-state index contributed by atoms with van der Waals surface area (Å²) in [5.74, 6) is 0. The smallest absolute Gasteiger partial charge is 0.0973 e. The van der Waals surface area contributed by atoms with Crippen LogP contribution in [0.2, 0.25) is 0 Å². The summed E-state index contributed by atoms with van der Waals surface area (Å²) >= 11 is 0. The van der Waals surface area contributed by atoms with Gasteiger partial charge in [-0.15, -0.1) is 0 Å². The second-order valence-electron chi connectivity index (χ2n) is 12.3. The van der Waals surface area contributed by atoms with Gasteiger partial charge in [0.25, 0.3) is 0 Å². The largest absolute Gasteiger partial charge is 0.310 e. The number of hydrogen-bond donors (Lipinski definition) is 0. The van der Waals surface area contributed by atoms with Crippen molar-refractivity contribution >= 4 is 49.6 Å². The Morgan fingerprint density at radius 1 is 0.327 bits per heavy atom. The topological polar surface area (TPSA) is 29.0 Å². The lowest BCUT2D eigenvalue weighted by atomic mass is 9.97. The molecule has 0 aliphatic rings. The molecule has 0 spiro atoms. The number of benzene rings is 8. The van der Waals surface area contributed by atoms with Gasteiger partial charge in [0.1, 0.15) is 0 Å². The Kier molecular flexibility index (Phi) is 7.14. The van der Waals surface area contributed by atoms with Gasteiger partial charge in [-0.25, -0.2) is 9.97 Å². The second-order valence-corrected chi connectivity index (χ2v) is 12.3. The van der Waals surface area contributed by atoms with E-state index in [0.29, 0.717) is 0 Å². The minimum Gasteiger partial charge on any atom is -0.310 e. The zero-order chi connectivity index (χ0) is 32.6. The lowest BCUT2D eigenvalue weighted by Crippen LogP contribution is -2.09. The van der Waals surface area contributed by atoms with Crippen LogP contribution in [-0.2, 0) is 0 Å². The van der Waals surface area contributed by atoms with Crippen molar-refractivity contribution in [1.29, 1.82) is 0 Å². The number of hydrogen-bond acceptors (Lipinski definition) is 3. The predicted octanol–water partition coefficient (Wildman–Crippen LogP) is 12.4. The summed E-state index contributed by atoms with van der Waals surface area (Å²) < 4.78 is 0. The van der Waals surface area contributed by atoms with E-state index in [0.717, 1.165) is 66.9 Å². The van der Waals surface area contributed by atoms with Gasteiger partial charge in [-0.05, 0) is 81.9 Å². The van der Waals surface area contributed by atoms with E-state index in [4.69, 9.17) is 9.97 Å². The maximum Gasteiger partial charge on any atom is 0.0973 e. The van der Waals surface area contributed by atoms with Crippen LogP contribution in [0, 0.1) is 0 Å². The molecule has 8 aromatic carbocycles. The number of rotatable bonds is 6. The van der Waals surface area contributed by atoms with Gasteiger partial charge in [-0.3, -0.25) is 0 Å². The van der Waals surface area contributed by atoms with Crippen LogP contribution < -0.4 is 4.90 Å². The highest BCUT2D eigenvalue weighted by Gasteiger charge is 2.16. The van der Waals surface area contributed by atoms with Crippen LogP contribution in [0.1, 0.15) is 0 Å². The highest BCUT2D eigenvalue weighted by atomic mass is 15.1. The van der Waals surface area contributed by atoms with E-state index in [1.54, 1.807) is 0 Å². The molecule has 0 fully saturated rings. The molecule has 1 heterocycles. The third kappa shape index (κ3) is 5.38. The molecule has 3 nitrogen and oxygen atoms in total. The molecule has 0 radical (unpaired) electrons. The average molecular weight is 626 g/mol. The first-order chi connectivity index (χ1) is 24.3. The number of fused-ring (bicyclic) bond motifs is 4. The van der Waals surface area contributed by atoms with Gasteiger partial charge in [0.2, 0.25) is 0 Å². The van der Waals surface area contributed by atoms with Crippen LogP contribution >= 0.6 is 0 Å². The van der Waals surface area contributed by atoms with Gasteiger partial charge in [0.05, 0.1) is 22.4 Å². The van der Waals surface area contributed by atoms with Crippen LogP contribution in [-0.4, -0.2) is 9.97 Å². The second kappa shape index (κ2) is 12.2. The van der Waals surface area contributed by atoms with Gasteiger partial charge < -0.3 is 4.90 Å². The summed E-state index contributed by atoms with van der Waals surface area (Å²) in [6, 6.07) is 66.1. The molecule has 0 saturated carbocycles. The Balaban J connectivity index is 1.15. The van der Waals surface area contributed by atoms with Crippen LogP contribution in [0.5, 0.6) is 0 Å². The van der Waals surface area contributed by atoms with Crippen molar-refractivity contribution in [2.45, 2.75) is 0 Å². The summed E-state index contributed by atoms with van der Waals surface area (Å²) in [6.07, 6.45) is 0. The van der Waals surface area contributed by atoms with Crippen LogP contribution in [0.3, 0.4) is 0 Å². The normalized spacial score (nSPS) is 11.3. The molecule has 0 aliphatic carbocycles. The van der Waals surface area contributed by atoms with Crippen LogP contribution in [0.25, 0.3) is 66.2 Å². The van der Waals surface area contributed by atoms with Gasteiger partial charge in [0.15, 0.2) is 0 Å². The number of nitrogens with zero attached hydrogens (tertiary/aromatic N) is 3. The van der Waals surface area contributed by atoms with E-state index in [9.17, 15) is 0 Å². The standard InChI is InChI=1S/C46H31N3/c1-5-13-33(14-6-1)44-45(34-15-7-2-8-16-34)48-46-42-31-38(22-21-32(42)26-28-43(46)47-44)35-23-24-37-30-41(27-25-36(37)29-35)49(39-17-9-3-10-18-39)40-19-11-4-12-20-40/h1-31H. The molecule has 230 valence electrons. The maximum absolute atomic E-state index is 5.34. The predicted molar refractivity (Wildman–Crippen MR) is 206 cm³/mol. The zero-order valence-electron chi connectivity index (χ0n) is 26.7. The van der Waals surface area contributed by atoms with Crippen molar-refractivity contribution in [1.82, 2.24) is 9.97 Å². The Labute approximate surface area is 285 Å². The van der Waals surface area contributed by atoms with Crippen molar-refractivity contribution in [2.75, 3.05) is 4.90 Å². The van der Waals surface area contributed by atoms with Crippen molar-refractivity contribution in [3.63, 3.8) is 0 Å². The first-order valence-corrected chi connectivity index (χ1v) is 16.6. The van der Waals surface area contributed by atoms with Gasteiger partial charge in [-0.1, -0.05) is 133 Å². The minimum absolute atomic E-state index is 0.885. The number of anilines is 3. The number of para-hydroxylation sites is 2. The Morgan fingerprint density at radius 2 is 0.816 bits per heavy atom. The highest BCUT2D eigenvalue weighted by molar-refractivity contribution is 6.07. The monoisotopic (exact) mass is 625 g/mol. The molecular formula is C46H31N3. The number of aromatic nitrogens is 2. The van der Waals surface area contributed by atoms with Crippen molar-refractivity contribution in [3.8, 4) is 33.6 Å². The fraction of sp³-hybridized carbons (Fsp3) is 0. The molecule has 0 atom stereocenters. The van der Waals surface area contributed by atoms with E-state index in [1.807, 2.05) is 12.1 Å². The molecule has 3 heteroatoms. The summed E-state index contributed by atoms with van der Waals surface area (Å²) in [4.78, 5) is 12.9. The summed E-state index contributed by atoms with van der Waals surface area (Å²) in [6.45, 7) is 0. The first-order valence-electron chi connectivity index (χ1n) is 16.6. The molecule has 0 saturated heterocycles. The van der Waals surface area contributed by atoms with Crippen molar-refractivity contribution in [3.05, 3.63) is 188 Å². The highest BCUT2D eigenvalue weighted by Crippen LogP contribution is 2.38. The van der Waals surface area contributed by atoms with E-state index < -0.39 is 0 Å². The van der Waals surface area contributed by atoms with Crippen LogP contribution in [0.4, 0.5) is 17.1 Å². The Morgan fingerprint density at radius 3 is 1.45 bits per heavy atom. The molecule has 1 aromatic heterocycles. The Hall–Kier alpha value is -6.58. The fourth-order valence-electron chi connectivity index (χ4n) is 6.77. The van der Waals surface area contributed by atoms with Crippen molar-refractivity contribution < 1.29 is 0 Å². The summed E-state index contributed by atoms with van der Waals surface area (Å²) in [5.41, 5.74) is 11.4.